The third-order valence-corrected chi connectivity index (χ3v) is 2.14. The lowest BCUT2D eigenvalue weighted by Crippen LogP contribution is -2.15. The molecule has 18 heavy (non-hydrogen) atoms. The van der Waals surface area contributed by atoms with Crippen LogP contribution in [-0.2, 0) is 28.6 Å². The number of esters is 2. The number of hydrogen-bond donors (Lipinski definition) is 0. The van der Waals surface area contributed by atoms with Crippen molar-refractivity contribution in [3.05, 3.63) is 11.8 Å². The quantitative estimate of drug-likeness (QED) is 0.320. The highest BCUT2D eigenvalue weighted by atomic mass is 16.7. The van der Waals surface area contributed by atoms with Crippen LogP contribution < -0.4 is 0 Å². The molecule has 1 aliphatic heterocycles. The van der Waals surface area contributed by atoms with Crippen molar-refractivity contribution in [2.24, 2.45) is 5.16 Å². The van der Waals surface area contributed by atoms with Gasteiger partial charge >= 0.3 is 11.9 Å². The maximum atomic E-state index is 11.3. The fourth-order valence-electron chi connectivity index (χ4n) is 1.20. The van der Waals surface area contributed by atoms with Crippen LogP contribution in [0, 0.1) is 0 Å². The van der Waals surface area contributed by atoms with E-state index < -0.39 is 11.9 Å². The van der Waals surface area contributed by atoms with Gasteiger partial charge in [-0.15, -0.1) is 0 Å². The van der Waals surface area contributed by atoms with E-state index in [1.54, 1.807) is 0 Å². The molecule has 1 aliphatic rings. The summed E-state index contributed by atoms with van der Waals surface area (Å²) in [5.41, 5.74) is 0. The van der Waals surface area contributed by atoms with Crippen molar-refractivity contribution in [1.29, 1.82) is 0 Å². The number of carbonyl (C=O) groups excluding carboxylic acids is 2. The SMILES string of the molecule is COC(=O)/C=C(\O/N=C1\CCCCO1)C(=O)OC. The monoisotopic (exact) mass is 257 g/mol. The molecule has 0 unspecified atom stereocenters. The minimum atomic E-state index is -0.819. The van der Waals surface area contributed by atoms with E-state index in [-0.39, 0.29) is 5.76 Å². The van der Waals surface area contributed by atoms with Gasteiger partial charge in [-0.1, -0.05) is 0 Å². The number of rotatable bonds is 4. The highest BCUT2D eigenvalue weighted by Crippen LogP contribution is 2.10. The Bertz CT molecular complexity index is 366. The van der Waals surface area contributed by atoms with Gasteiger partial charge in [-0.05, 0) is 18.0 Å². The van der Waals surface area contributed by atoms with E-state index in [0.717, 1.165) is 18.9 Å². The van der Waals surface area contributed by atoms with Crippen molar-refractivity contribution in [1.82, 2.24) is 0 Å². The van der Waals surface area contributed by atoms with Gasteiger partial charge < -0.3 is 19.0 Å². The van der Waals surface area contributed by atoms with Gasteiger partial charge in [0, 0.05) is 6.42 Å². The molecule has 0 aromatic carbocycles. The predicted octanol–water partition coefficient (Wildman–Crippen LogP) is 0.747. The average Bonchev–Trinajstić information content (AvgIpc) is 2.43. The minimum Gasteiger partial charge on any atom is -0.479 e. The van der Waals surface area contributed by atoms with E-state index in [1.807, 2.05) is 0 Å². The Labute approximate surface area is 104 Å². The van der Waals surface area contributed by atoms with Crippen molar-refractivity contribution in [3.8, 4) is 0 Å². The molecule has 0 atom stereocenters. The highest BCUT2D eigenvalue weighted by Gasteiger charge is 2.16. The zero-order valence-electron chi connectivity index (χ0n) is 10.3. The summed E-state index contributed by atoms with van der Waals surface area (Å²) in [4.78, 5) is 27.2. The third-order valence-electron chi connectivity index (χ3n) is 2.14. The molecule has 0 bridgehead atoms. The minimum absolute atomic E-state index is 0.356. The van der Waals surface area contributed by atoms with Crippen LogP contribution in [0.25, 0.3) is 0 Å². The molecular formula is C11H15NO6. The Morgan fingerprint density at radius 2 is 2.06 bits per heavy atom. The molecule has 1 rings (SSSR count). The van der Waals surface area contributed by atoms with Crippen LogP contribution in [0.5, 0.6) is 0 Å². The van der Waals surface area contributed by atoms with Crippen LogP contribution in [0.1, 0.15) is 19.3 Å². The molecule has 0 N–H and O–H groups in total. The molecule has 0 saturated carbocycles. The van der Waals surface area contributed by atoms with Gasteiger partial charge in [-0.25, -0.2) is 9.59 Å². The van der Waals surface area contributed by atoms with Crippen molar-refractivity contribution in [3.63, 3.8) is 0 Å². The van der Waals surface area contributed by atoms with Crippen LogP contribution in [0.4, 0.5) is 0 Å². The van der Waals surface area contributed by atoms with Crippen molar-refractivity contribution in [2.75, 3.05) is 20.8 Å². The summed E-state index contributed by atoms with van der Waals surface area (Å²) in [6.07, 6.45) is 3.39. The first kappa shape index (κ1) is 14.0. The van der Waals surface area contributed by atoms with Gasteiger partial charge in [-0.3, -0.25) is 0 Å². The Balaban J connectivity index is 2.69. The number of nitrogens with zero attached hydrogens (tertiary/aromatic N) is 1. The molecule has 0 spiro atoms. The van der Waals surface area contributed by atoms with Crippen molar-refractivity contribution >= 4 is 17.8 Å². The second-order valence-electron chi connectivity index (χ2n) is 3.41. The van der Waals surface area contributed by atoms with Crippen LogP contribution in [0.3, 0.4) is 0 Å². The van der Waals surface area contributed by atoms with E-state index in [4.69, 9.17) is 9.57 Å². The van der Waals surface area contributed by atoms with Gasteiger partial charge in [0.15, 0.2) is 0 Å². The first-order valence-electron chi connectivity index (χ1n) is 5.42. The molecule has 0 amide bonds. The summed E-state index contributed by atoms with van der Waals surface area (Å²) >= 11 is 0. The largest absolute Gasteiger partial charge is 0.479 e. The molecular weight excluding hydrogens is 242 g/mol. The number of oxime groups is 1. The summed E-state index contributed by atoms with van der Waals surface area (Å²) in [5, 5.41) is 3.66. The zero-order valence-corrected chi connectivity index (χ0v) is 10.3. The molecule has 0 aromatic heterocycles. The maximum absolute atomic E-state index is 11.3. The third kappa shape index (κ3) is 4.44. The molecule has 0 aliphatic carbocycles. The predicted molar refractivity (Wildman–Crippen MR) is 60.4 cm³/mol. The first-order valence-corrected chi connectivity index (χ1v) is 5.42. The Hall–Kier alpha value is -2.05. The van der Waals surface area contributed by atoms with Crippen molar-refractivity contribution < 1.29 is 28.6 Å². The molecule has 0 radical (unpaired) electrons. The average molecular weight is 257 g/mol. The number of ether oxygens (including phenoxy) is 3. The van der Waals surface area contributed by atoms with Gasteiger partial charge in [0.1, 0.15) is 0 Å². The second-order valence-corrected chi connectivity index (χ2v) is 3.41. The fourth-order valence-corrected chi connectivity index (χ4v) is 1.20. The van der Waals surface area contributed by atoms with Crippen LogP contribution in [0.15, 0.2) is 17.0 Å². The summed E-state index contributed by atoms with van der Waals surface area (Å²) in [5.74, 6) is -1.52. The number of methoxy groups -OCH3 is 2. The maximum Gasteiger partial charge on any atom is 0.377 e. The summed E-state index contributed by atoms with van der Waals surface area (Å²) in [6.45, 7) is 0.566. The van der Waals surface area contributed by atoms with Crippen LogP contribution in [0.2, 0.25) is 0 Å². The van der Waals surface area contributed by atoms with Crippen LogP contribution in [-0.4, -0.2) is 38.7 Å². The lowest BCUT2D eigenvalue weighted by Gasteiger charge is -2.13. The second kappa shape index (κ2) is 7.31. The van der Waals surface area contributed by atoms with Gasteiger partial charge in [-0.2, -0.15) is 0 Å². The van der Waals surface area contributed by atoms with E-state index in [0.29, 0.717) is 18.9 Å². The molecule has 7 heteroatoms. The first-order chi connectivity index (χ1) is 8.67. The molecule has 1 saturated heterocycles. The van der Waals surface area contributed by atoms with Crippen molar-refractivity contribution in [2.45, 2.75) is 19.3 Å². The lowest BCUT2D eigenvalue weighted by molar-refractivity contribution is -0.142. The number of carbonyl (C=O) groups is 2. The lowest BCUT2D eigenvalue weighted by atomic mass is 10.2. The number of hydrogen-bond acceptors (Lipinski definition) is 7. The molecule has 7 nitrogen and oxygen atoms in total. The molecule has 1 heterocycles. The summed E-state index contributed by atoms with van der Waals surface area (Å²) in [6, 6.07) is 0. The van der Waals surface area contributed by atoms with Gasteiger partial charge in [0.05, 0.1) is 26.9 Å². The molecule has 100 valence electrons. The standard InChI is InChI=1S/C11H15NO6/c1-15-10(13)7-8(11(14)16-2)18-12-9-5-3-4-6-17-9/h7H,3-6H2,1-2H3/b8-7-,12-9+. The topological polar surface area (TPSA) is 83.4 Å². The Morgan fingerprint density at radius 3 is 2.61 bits per heavy atom. The Kier molecular flexibility index (Phi) is 5.69. The van der Waals surface area contributed by atoms with Crippen LogP contribution >= 0.6 is 0 Å². The fraction of sp³-hybridized carbons (Fsp3) is 0.545. The van der Waals surface area contributed by atoms with Gasteiger partial charge in [0.2, 0.25) is 11.7 Å². The van der Waals surface area contributed by atoms with E-state index in [2.05, 4.69) is 14.6 Å². The normalized spacial score (nSPS) is 17.9. The summed E-state index contributed by atoms with van der Waals surface area (Å²) < 4.78 is 14.0. The van der Waals surface area contributed by atoms with E-state index in [1.165, 1.54) is 14.2 Å². The summed E-state index contributed by atoms with van der Waals surface area (Å²) in [7, 11) is 2.35. The molecule has 0 aromatic rings. The molecule has 1 fully saturated rings. The highest BCUT2D eigenvalue weighted by molar-refractivity contribution is 5.94. The van der Waals surface area contributed by atoms with Gasteiger partial charge in [0.25, 0.3) is 0 Å². The Morgan fingerprint density at radius 1 is 1.28 bits per heavy atom. The smallest absolute Gasteiger partial charge is 0.377 e. The zero-order chi connectivity index (χ0) is 13.4. The van der Waals surface area contributed by atoms with E-state index >= 15 is 0 Å². The van der Waals surface area contributed by atoms with E-state index in [9.17, 15) is 9.59 Å².